The molecular formula is C104H71N5. The zero-order valence-electron chi connectivity index (χ0n) is 61.3. The van der Waals surface area contributed by atoms with Crippen molar-refractivity contribution in [2.75, 3.05) is 0 Å². The van der Waals surface area contributed by atoms with E-state index in [0.717, 1.165) is 50.1 Å². The first-order valence-corrected chi connectivity index (χ1v) is 38.0. The van der Waals surface area contributed by atoms with Crippen LogP contribution in [0.25, 0.3) is 197 Å². The van der Waals surface area contributed by atoms with Crippen molar-refractivity contribution < 1.29 is 0 Å². The topological polar surface area (TPSA) is 64.5 Å². The molecule has 0 atom stereocenters. The van der Waals surface area contributed by atoms with Gasteiger partial charge in [0.05, 0.1) is 16.9 Å². The third kappa shape index (κ3) is 9.23. The Morgan fingerprint density at radius 2 is 0.550 bits per heavy atom. The largest absolute Gasteiger partial charge is 0.264 e. The van der Waals surface area contributed by atoms with Crippen molar-refractivity contribution in [2.45, 2.75) is 57.8 Å². The van der Waals surface area contributed by atoms with Crippen molar-refractivity contribution in [1.82, 2.24) is 24.9 Å². The standard InChI is InChI=1S/C39H26N2.C35H24N2.C30H21N/c1-39(2)32-9-5-4-8-30(32)38-31-17-12-23-11-15-28(29-16-13-25(20-33(38)39)37(31)36(23)29)26-14-18-35(40-21-26)27-19-24-7-3-6-10-34(24)41-22-27;1-35(2)29-8-4-3-7-27(29)34-28-15-10-21-9-13-25(26-14-11-22(18-30(34)35)33(28)32(21)26)23-12-16-31(37-20-23)24-6-5-17-36-19-24;1-30(2)25-8-4-3-7-23(25)29-24-14-10-18-9-12-21(20-6-5-15-31-17-20)22-13-11-19(16-26(29)30)28(24)27(18)22/h3-22H,1-2H3;3-20H,1-2H3;3-17H,1-2H3. The second-order valence-electron chi connectivity index (χ2n) is 31.8. The predicted octanol–water partition coefficient (Wildman–Crippen LogP) is 27.1. The lowest BCUT2D eigenvalue weighted by atomic mass is 9.80. The molecule has 512 valence electrons. The van der Waals surface area contributed by atoms with E-state index in [-0.39, 0.29) is 16.2 Å². The first-order valence-electron chi connectivity index (χ1n) is 38.0. The molecule has 0 spiro atoms. The van der Waals surface area contributed by atoms with Crippen LogP contribution >= 0.6 is 0 Å². The van der Waals surface area contributed by atoms with Crippen LogP contribution in [0.5, 0.6) is 0 Å². The van der Waals surface area contributed by atoms with E-state index in [4.69, 9.17) is 9.97 Å². The smallest absolute Gasteiger partial charge is 0.0718 e. The predicted molar refractivity (Wildman–Crippen MR) is 457 cm³/mol. The Morgan fingerprint density at radius 3 is 0.954 bits per heavy atom. The number of benzene rings is 16. The summed E-state index contributed by atoms with van der Waals surface area (Å²) in [5.41, 5.74) is 28.9. The Morgan fingerprint density at radius 1 is 0.211 bits per heavy atom. The van der Waals surface area contributed by atoms with E-state index >= 15 is 0 Å². The summed E-state index contributed by atoms with van der Waals surface area (Å²) in [7, 11) is 0. The minimum absolute atomic E-state index is 0.0107. The van der Waals surface area contributed by atoms with Crippen LogP contribution in [0.15, 0.2) is 322 Å². The lowest BCUT2D eigenvalue weighted by Crippen LogP contribution is -2.14. The van der Waals surface area contributed by atoms with E-state index in [1.54, 1.807) is 6.20 Å². The summed E-state index contributed by atoms with van der Waals surface area (Å²) in [6.45, 7) is 14.1. The molecular weight excluding hydrogens is 1320 g/mol. The number of fused-ring (bicyclic) bond motifs is 13. The zero-order valence-corrected chi connectivity index (χ0v) is 61.3. The van der Waals surface area contributed by atoms with Crippen LogP contribution in [0.2, 0.25) is 0 Å². The van der Waals surface area contributed by atoms with E-state index in [9.17, 15) is 0 Å². The van der Waals surface area contributed by atoms with E-state index in [1.807, 2.05) is 73.6 Å². The molecule has 24 rings (SSSR count). The van der Waals surface area contributed by atoms with Gasteiger partial charge in [-0.25, -0.2) is 0 Å². The van der Waals surface area contributed by atoms with Gasteiger partial charge in [0.2, 0.25) is 0 Å². The van der Waals surface area contributed by atoms with Crippen molar-refractivity contribution in [1.29, 1.82) is 0 Å². The van der Waals surface area contributed by atoms with Gasteiger partial charge in [-0.3, -0.25) is 24.9 Å². The summed E-state index contributed by atoms with van der Waals surface area (Å²) < 4.78 is 0. The van der Waals surface area contributed by atoms with E-state index in [2.05, 4.69) is 299 Å². The maximum absolute atomic E-state index is 4.89. The fraction of sp³-hybridized carbons (Fsp3) is 0.0865. The van der Waals surface area contributed by atoms with Gasteiger partial charge in [0, 0.05) is 92.8 Å². The minimum atomic E-state index is -0.0183. The van der Waals surface area contributed by atoms with Gasteiger partial charge in [-0.15, -0.1) is 0 Å². The van der Waals surface area contributed by atoms with Crippen molar-refractivity contribution >= 4 is 108 Å². The molecule has 3 aliphatic carbocycles. The van der Waals surface area contributed by atoms with Crippen LogP contribution in [0, 0.1) is 0 Å². The highest BCUT2D eigenvalue weighted by atomic mass is 14.7. The summed E-state index contributed by atoms with van der Waals surface area (Å²) >= 11 is 0. The zero-order chi connectivity index (χ0) is 72.8. The van der Waals surface area contributed by atoms with Crippen LogP contribution in [0.1, 0.15) is 74.9 Å². The number of pyridine rings is 5. The Hall–Kier alpha value is -13.4. The molecule has 0 radical (unpaired) electrons. The summed E-state index contributed by atoms with van der Waals surface area (Å²) in [5.74, 6) is 0. The molecule has 0 aliphatic heterocycles. The third-order valence-electron chi connectivity index (χ3n) is 24.9. The maximum Gasteiger partial charge on any atom is 0.0718 e. The van der Waals surface area contributed by atoms with Gasteiger partial charge in [0.15, 0.2) is 0 Å². The fourth-order valence-corrected chi connectivity index (χ4v) is 19.6. The molecule has 5 heterocycles. The minimum Gasteiger partial charge on any atom is -0.264 e. The number of hydrogen-bond donors (Lipinski definition) is 0. The highest BCUT2D eigenvalue weighted by Gasteiger charge is 2.40. The van der Waals surface area contributed by atoms with Crippen molar-refractivity contribution in [3.05, 3.63) is 356 Å². The molecule has 0 N–H and O–H groups in total. The molecule has 0 unspecified atom stereocenters. The highest BCUT2D eigenvalue weighted by molar-refractivity contribution is 6.31. The number of nitrogens with zero attached hydrogens (tertiary/aromatic N) is 5. The molecule has 0 saturated carbocycles. The summed E-state index contributed by atoms with van der Waals surface area (Å²) in [6.07, 6.45) is 13.4. The first-order chi connectivity index (χ1) is 53.3. The van der Waals surface area contributed by atoms with Crippen molar-refractivity contribution in [2.24, 2.45) is 0 Å². The number of para-hydroxylation sites is 1. The van der Waals surface area contributed by atoms with Crippen LogP contribution in [0.3, 0.4) is 0 Å². The highest BCUT2D eigenvalue weighted by Crippen LogP contribution is 2.58. The molecule has 16 aromatic carbocycles. The molecule has 21 aromatic rings. The average Bonchev–Trinajstić information content (AvgIpc) is 1.62. The van der Waals surface area contributed by atoms with E-state index < -0.39 is 0 Å². The van der Waals surface area contributed by atoms with E-state index in [0.29, 0.717) is 0 Å². The molecule has 109 heavy (non-hydrogen) atoms. The SMILES string of the molecule is CC1(C)c2ccccc2-c2c1cc1ccc3c(-c4ccc(-c5cccnc5)nc4)ccc4ccc2c1c43.CC1(C)c2ccccc2-c2c1cc1ccc3c(-c4ccc(-c5cnc6ccccc6c5)nc4)ccc4ccc2c1c43.CC1(C)c2ccccc2-c2c1cc1ccc3c(-c4cccnc4)ccc4ccc2c1c43. The van der Waals surface area contributed by atoms with Gasteiger partial charge in [-0.2, -0.15) is 0 Å². The van der Waals surface area contributed by atoms with Crippen LogP contribution in [-0.4, -0.2) is 24.9 Å². The molecule has 5 heteroatoms. The third-order valence-corrected chi connectivity index (χ3v) is 24.9. The van der Waals surface area contributed by atoms with Gasteiger partial charge in [-0.05, 0) is 241 Å². The molecule has 5 aromatic heterocycles. The Bertz CT molecular complexity index is 7340. The first kappa shape index (κ1) is 63.0. The van der Waals surface area contributed by atoms with Crippen molar-refractivity contribution in [3.8, 4) is 89.3 Å². The number of rotatable bonds is 5. The van der Waals surface area contributed by atoms with Crippen LogP contribution in [0.4, 0.5) is 0 Å². The Labute approximate surface area is 631 Å². The lowest BCUT2D eigenvalue weighted by molar-refractivity contribution is 0.661. The molecule has 5 nitrogen and oxygen atoms in total. The van der Waals surface area contributed by atoms with Gasteiger partial charge in [-0.1, -0.05) is 260 Å². The lowest BCUT2D eigenvalue weighted by Gasteiger charge is -2.23. The molecule has 0 bridgehead atoms. The van der Waals surface area contributed by atoms with E-state index in [1.165, 1.54) is 180 Å². The number of aromatic nitrogens is 5. The Kier molecular flexibility index (Phi) is 13.5. The van der Waals surface area contributed by atoms with Gasteiger partial charge < -0.3 is 0 Å². The summed E-state index contributed by atoms with van der Waals surface area (Å²) in [5, 5.41) is 25.0. The monoisotopic (exact) mass is 1390 g/mol. The van der Waals surface area contributed by atoms with Gasteiger partial charge in [0.25, 0.3) is 0 Å². The molecule has 3 aliphatic rings. The quantitative estimate of drug-likeness (QED) is 0.161. The maximum atomic E-state index is 4.89. The number of hydrogen-bond acceptors (Lipinski definition) is 5. The second-order valence-corrected chi connectivity index (χ2v) is 31.8. The molecule has 0 fully saturated rings. The summed E-state index contributed by atoms with van der Waals surface area (Å²) in [4.78, 5) is 22.9. The van der Waals surface area contributed by atoms with Crippen LogP contribution < -0.4 is 0 Å². The van der Waals surface area contributed by atoms with Gasteiger partial charge in [0.1, 0.15) is 0 Å². The van der Waals surface area contributed by atoms with Gasteiger partial charge >= 0.3 is 0 Å². The molecule has 0 amide bonds. The average molecular weight is 1390 g/mol. The normalized spacial score (nSPS) is 14.0. The van der Waals surface area contributed by atoms with Crippen LogP contribution in [-0.2, 0) is 16.2 Å². The fourth-order valence-electron chi connectivity index (χ4n) is 19.6. The van der Waals surface area contributed by atoms with Crippen molar-refractivity contribution in [3.63, 3.8) is 0 Å². The molecule has 0 saturated heterocycles. The summed E-state index contributed by atoms with van der Waals surface area (Å²) in [6, 6.07) is 102. The Balaban J connectivity index is 0.000000102. The second kappa shape index (κ2) is 23.3.